The summed E-state index contributed by atoms with van der Waals surface area (Å²) in [5, 5.41) is 5.61. The van der Waals surface area contributed by atoms with Crippen molar-refractivity contribution in [2.45, 2.75) is 33.6 Å². The van der Waals surface area contributed by atoms with Gasteiger partial charge in [-0.25, -0.2) is 0 Å². The molecule has 6 heteroatoms. The maximum Gasteiger partial charge on any atom is 0.253 e. The van der Waals surface area contributed by atoms with Gasteiger partial charge in [0.25, 0.3) is 5.91 Å². The highest BCUT2D eigenvalue weighted by Crippen LogP contribution is 2.22. The number of rotatable bonds is 4. The second-order valence-corrected chi connectivity index (χ2v) is 7.71. The summed E-state index contributed by atoms with van der Waals surface area (Å²) in [5.74, 6) is -0.490. The van der Waals surface area contributed by atoms with Gasteiger partial charge >= 0.3 is 0 Å². The molecule has 1 aliphatic rings. The van der Waals surface area contributed by atoms with Crippen LogP contribution in [0.25, 0.3) is 0 Å². The lowest BCUT2D eigenvalue weighted by atomic mass is 9.96. The lowest BCUT2D eigenvalue weighted by Gasteiger charge is -2.32. The maximum absolute atomic E-state index is 12.9. The van der Waals surface area contributed by atoms with Crippen LogP contribution >= 0.6 is 0 Å². The van der Waals surface area contributed by atoms with Crippen LogP contribution in [0, 0.1) is 19.8 Å². The highest BCUT2D eigenvalue weighted by Gasteiger charge is 2.29. The van der Waals surface area contributed by atoms with Crippen molar-refractivity contribution in [1.29, 1.82) is 0 Å². The fraction of sp³-hybridized carbons (Fsp3) is 0.348. The van der Waals surface area contributed by atoms with E-state index in [-0.39, 0.29) is 23.6 Å². The van der Waals surface area contributed by atoms with Crippen molar-refractivity contribution >= 4 is 29.1 Å². The zero-order chi connectivity index (χ0) is 21.0. The minimum Gasteiger partial charge on any atom is -0.338 e. The number of aryl methyl sites for hydroxylation is 2. The number of carbonyl (C=O) groups is 3. The van der Waals surface area contributed by atoms with Crippen LogP contribution < -0.4 is 10.6 Å². The topological polar surface area (TPSA) is 78.5 Å². The molecule has 1 aliphatic heterocycles. The van der Waals surface area contributed by atoms with E-state index in [1.807, 2.05) is 32.0 Å². The first kappa shape index (κ1) is 20.6. The number of nitrogens with one attached hydrogen (secondary N) is 2. The third-order valence-electron chi connectivity index (χ3n) is 5.02. The molecular weight excluding hydrogens is 366 g/mol. The molecule has 0 aliphatic carbocycles. The summed E-state index contributed by atoms with van der Waals surface area (Å²) in [7, 11) is 0. The Hall–Kier alpha value is -3.15. The van der Waals surface area contributed by atoms with Gasteiger partial charge in [-0.1, -0.05) is 17.2 Å². The summed E-state index contributed by atoms with van der Waals surface area (Å²) < 4.78 is 0. The first-order valence-electron chi connectivity index (χ1n) is 9.88. The zero-order valence-corrected chi connectivity index (χ0v) is 17.1. The van der Waals surface area contributed by atoms with E-state index in [0.717, 1.165) is 24.0 Å². The summed E-state index contributed by atoms with van der Waals surface area (Å²) in [6.45, 7) is 6.49. The van der Waals surface area contributed by atoms with E-state index >= 15 is 0 Å². The quantitative estimate of drug-likeness (QED) is 0.830. The molecule has 6 nitrogen and oxygen atoms in total. The summed E-state index contributed by atoms with van der Waals surface area (Å²) in [6.07, 6.45) is 1.56. The predicted octanol–water partition coefficient (Wildman–Crippen LogP) is 3.75. The van der Waals surface area contributed by atoms with Crippen LogP contribution in [-0.2, 0) is 9.59 Å². The maximum atomic E-state index is 12.9. The fourth-order valence-corrected chi connectivity index (χ4v) is 3.74. The molecule has 152 valence electrons. The summed E-state index contributed by atoms with van der Waals surface area (Å²) >= 11 is 0. The number of nitrogens with zero attached hydrogens (tertiary/aromatic N) is 1. The molecule has 0 aromatic heterocycles. The number of benzene rings is 2. The number of amides is 3. The third kappa shape index (κ3) is 5.44. The van der Waals surface area contributed by atoms with Gasteiger partial charge in [-0.2, -0.15) is 0 Å². The van der Waals surface area contributed by atoms with E-state index in [9.17, 15) is 14.4 Å². The van der Waals surface area contributed by atoms with Crippen LogP contribution in [0.15, 0.2) is 42.5 Å². The van der Waals surface area contributed by atoms with Crippen LogP contribution in [0.2, 0.25) is 0 Å². The Bertz CT molecular complexity index is 901. The minimum atomic E-state index is -0.242. The lowest BCUT2D eigenvalue weighted by Crippen LogP contribution is -2.43. The van der Waals surface area contributed by atoms with Gasteiger partial charge in [-0.15, -0.1) is 0 Å². The molecule has 1 fully saturated rings. The molecule has 1 heterocycles. The molecule has 0 saturated carbocycles. The molecule has 2 aromatic carbocycles. The largest absolute Gasteiger partial charge is 0.338 e. The van der Waals surface area contributed by atoms with E-state index in [2.05, 4.69) is 10.6 Å². The normalized spacial score (nSPS) is 16.2. The van der Waals surface area contributed by atoms with Crippen molar-refractivity contribution < 1.29 is 14.4 Å². The molecule has 1 saturated heterocycles. The number of piperidine rings is 1. The summed E-state index contributed by atoms with van der Waals surface area (Å²) in [6, 6.07) is 12.8. The van der Waals surface area contributed by atoms with E-state index < -0.39 is 0 Å². The first-order valence-corrected chi connectivity index (χ1v) is 9.88. The average molecular weight is 393 g/mol. The molecule has 3 amide bonds. The molecular formula is C23H27N3O3. The highest BCUT2D eigenvalue weighted by atomic mass is 16.2. The molecule has 0 spiro atoms. The molecule has 29 heavy (non-hydrogen) atoms. The van der Waals surface area contributed by atoms with Crippen LogP contribution in [0.3, 0.4) is 0 Å². The van der Waals surface area contributed by atoms with Gasteiger partial charge in [0.15, 0.2) is 0 Å². The minimum absolute atomic E-state index is 0.0195. The van der Waals surface area contributed by atoms with Gasteiger partial charge < -0.3 is 15.5 Å². The van der Waals surface area contributed by atoms with Crippen LogP contribution in [0.4, 0.5) is 11.4 Å². The van der Waals surface area contributed by atoms with Crippen molar-refractivity contribution in [1.82, 2.24) is 4.90 Å². The van der Waals surface area contributed by atoms with E-state index in [0.29, 0.717) is 30.0 Å². The van der Waals surface area contributed by atoms with Crippen LogP contribution in [-0.4, -0.2) is 35.7 Å². The lowest BCUT2D eigenvalue weighted by molar-refractivity contribution is -0.121. The Balaban J connectivity index is 1.63. The average Bonchev–Trinajstić information content (AvgIpc) is 2.68. The summed E-state index contributed by atoms with van der Waals surface area (Å²) in [4.78, 5) is 38.5. The number of carbonyl (C=O) groups excluding carboxylic acids is 3. The molecule has 1 atom stereocenters. The molecule has 1 unspecified atom stereocenters. The smallest absolute Gasteiger partial charge is 0.253 e. The zero-order valence-electron chi connectivity index (χ0n) is 17.1. The van der Waals surface area contributed by atoms with Gasteiger partial charge in [0.2, 0.25) is 11.8 Å². The van der Waals surface area contributed by atoms with Gasteiger partial charge in [-0.05, 0) is 63.1 Å². The molecule has 3 rings (SSSR count). The van der Waals surface area contributed by atoms with E-state index in [1.165, 1.54) is 6.92 Å². The Labute approximate surface area is 171 Å². The van der Waals surface area contributed by atoms with Crippen LogP contribution in [0.1, 0.15) is 41.3 Å². The Kier molecular flexibility index (Phi) is 6.32. The Morgan fingerprint density at radius 2 is 1.52 bits per heavy atom. The third-order valence-corrected chi connectivity index (χ3v) is 5.02. The van der Waals surface area contributed by atoms with Crippen molar-refractivity contribution in [3.8, 4) is 0 Å². The van der Waals surface area contributed by atoms with E-state index in [1.54, 1.807) is 29.2 Å². The standard InChI is InChI=1S/C23H27N3O3/c1-15-11-16(2)13-19(12-15)23(29)26-10-4-5-18(14-26)22(28)25-21-8-6-20(7-9-21)24-17(3)27/h6-9,11-13,18H,4-5,10,14H2,1-3H3,(H,24,27)(H,25,28). The van der Waals surface area contributed by atoms with Gasteiger partial charge in [0.1, 0.15) is 0 Å². The molecule has 0 bridgehead atoms. The number of hydrogen-bond donors (Lipinski definition) is 2. The fourth-order valence-electron chi connectivity index (χ4n) is 3.74. The van der Waals surface area contributed by atoms with Crippen LogP contribution in [0.5, 0.6) is 0 Å². The Morgan fingerprint density at radius 3 is 2.10 bits per heavy atom. The second-order valence-electron chi connectivity index (χ2n) is 7.71. The molecule has 2 N–H and O–H groups in total. The number of hydrogen-bond acceptors (Lipinski definition) is 3. The Morgan fingerprint density at radius 1 is 0.931 bits per heavy atom. The van der Waals surface area contributed by atoms with Crippen molar-refractivity contribution in [2.75, 3.05) is 23.7 Å². The van der Waals surface area contributed by atoms with Gasteiger partial charge in [-0.3, -0.25) is 14.4 Å². The number of likely N-dealkylation sites (tertiary alicyclic amines) is 1. The van der Waals surface area contributed by atoms with Crippen molar-refractivity contribution in [3.63, 3.8) is 0 Å². The predicted molar refractivity (Wildman–Crippen MR) is 114 cm³/mol. The van der Waals surface area contributed by atoms with Gasteiger partial charge in [0, 0.05) is 37.0 Å². The SMILES string of the molecule is CC(=O)Nc1ccc(NC(=O)C2CCCN(C(=O)c3cc(C)cc(C)c3)C2)cc1. The van der Waals surface area contributed by atoms with Crippen molar-refractivity contribution in [2.24, 2.45) is 5.92 Å². The highest BCUT2D eigenvalue weighted by molar-refractivity contribution is 5.97. The molecule has 0 radical (unpaired) electrons. The van der Waals surface area contributed by atoms with E-state index in [4.69, 9.17) is 0 Å². The molecule has 2 aromatic rings. The number of anilines is 2. The monoisotopic (exact) mass is 393 g/mol. The van der Waals surface area contributed by atoms with Crippen molar-refractivity contribution in [3.05, 3.63) is 59.2 Å². The summed E-state index contributed by atoms with van der Waals surface area (Å²) in [5.41, 5.74) is 4.14. The first-order chi connectivity index (χ1) is 13.8. The second kappa shape index (κ2) is 8.90. The van der Waals surface area contributed by atoms with Gasteiger partial charge in [0.05, 0.1) is 5.92 Å².